The molecule has 1 N–H and O–H groups in total. The van der Waals surface area contributed by atoms with E-state index in [0.29, 0.717) is 6.04 Å². The molecule has 1 aromatic heterocycles. The molecule has 0 aromatic carbocycles. The molecule has 0 radical (unpaired) electrons. The van der Waals surface area contributed by atoms with Crippen LogP contribution in [0.4, 0.5) is 0 Å². The smallest absolute Gasteiger partial charge is 0.138 e. The van der Waals surface area contributed by atoms with Crippen molar-refractivity contribution in [2.75, 3.05) is 18.6 Å². The number of hydrogen-bond donors (Lipinski definition) is 1. The zero-order valence-electron chi connectivity index (χ0n) is 11.1. The van der Waals surface area contributed by atoms with Gasteiger partial charge in [-0.3, -0.25) is 4.68 Å². The van der Waals surface area contributed by atoms with Gasteiger partial charge in [-0.2, -0.15) is 16.9 Å². The fourth-order valence-electron chi connectivity index (χ4n) is 1.68. The minimum absolute atomic E-state index is 0.492. The minimum Gasteiger partial charge on any atom is -0.316 e. The molecule has 0 fully saturated rings. The second-order valence-electron chi connectivity index (χ2n) is 4.16. The molecule has 5 heteroatoms. The topological polar surface area (TPSA) is 42.7 Å². The Labute approximate surface area is 109 Å². The number of likely N-dealkylation sites (N-methyl/N-ethyl adjacent to an activating group) is 1. The number of rotatable bonds is 9. The van der Waals surface area contributed by atoms with Crippen molar-refractivity contribution in [3.63, 3.8) is 0 Å². The summed E-state index contributed by atoms with van der Waals surface area (Å²) in [6.07, 6.45) is 4.97. The molecule has 98 valence electrons. The lowest BCUT2D eigenvalue weighted by Gasteiger charge is -2.15. The van der Waals surface area contributed by atoms with Crippen LogP contribution in [0, 0.1) is 0 Å². The molecule has 4 nitrogen and oxygen atoms in total. The number of nitrogens with zero attached hydrogens (tertiary/aromatic N) is 3. The monoisotopic (exact) mass is 256 g/mol. The van der Waals surface area contributed by atoms with E-state index in [2.05, 4.69) is 29.2 Å². The van der Waals surface area contributed by atoms with Gasteiger partial charge in [-0.25, -0.2) is 4.98 Å². The molecular weight excluding hydrogens is 232 g/mol. The van der Waals surface area contributed by atoms with E-state index in [1.165, 1.54) is 12.2 Å². The van der Waals surface area contributed by atoms with Crippen molar-refractivity contribution in [2.45, 2.75) is 45.7 Å². The zero-order valence-corrected chi connectivity index (χ0v) is 12.0. The average Bonchev–Trinajstić information content (AvgIpc) is 2.76. The van der Waals surface area contributed by atoms with Gasteiger partial charge in [0.1, 0.15) is 12.2 Å². The molecule has 17 heavy (non-hydrogen) atoms. The van der Waals surface area contributed by atoms with Crippen molar-refractivity contribution in [1.29, 1.82) is 0 Å². The van der Waals surface area contributed by atoms with Gasteiger partial charge >= 0.3 is 0 Å². The van der Waals surface area contributed by atoms with Crippen molar-refractivity contribution >= 4 is 11.8 Å². The quantitative estimate of drug-likeness (QED) is 0.686. The van der Waals surface area contributed by atoms with Crippen LogP contribution in [0.1, 0.15) is 32.5 Å². The summed E-state index contributed by atoms with van der Waals surface area (Å²) < 4.78 is 2.02. The number of hydrogen-bond acceptors (Lipinski definition) is 4. The lowest BCUT2D eigenvalue weighted by molar-refractivity contribution is 0.528. The molecule has 0 spiro atoms. The van der Waals surface area contributed by atoms with Gasteiger partial charge in [-0.05, 0) is 25.6 Å². The predicted molar refractivity (Wildman–Crippen MR) is 74.5 cm³/mol. The molecule has 0 aliphatic rings. The Bertz CT molecular complexity index is 300. The molecule has 0 saturated carbocycles. The second-order valence-corrected chi connectivity index (χ2v) is 5.31. The van der Waals surface area contributed by atoms with Crippen molar-refractivity contribution in [1.82, 2.24) is 20.1 Å². The Hall–Kier alpha value is -0.550. The minimum atomic E-state index is 0.492. The van der Waals surface area contributed by atoms with Crippen LogP contribution in [-0.4, -0.2) is 39.4 Å². The van der Waals surface area contributed by atoms with Crippen LogP contribution < -0.4 is 5.32 Å². The highest BCUT2D eigenvalue weighted by Crippen LogP contribution is 2.08. The van der Waals surface area contributed by atoms with Crippen LogP contribution >= 0.6 is 11.8 Å². The zero-order chi connectivity index (χ0) is 12.5. The highest BCUT2D eigenvalue weighted by atomic mass is 32.2. The molecule has 0 aliphatic carbocycles. The first-order valence-electron chi connectivity index (χ1n) is 6.43. The van der Waals surface area contributed by atoms with Gasteiger partial charge in [0.25, 0.3) is 0 Å². The molecule has 0 saturated heterocycles. The highest BCUT2D eigenvalue weighted by molar-refractivity contribution is 7.99. The third kappa shape index (κ3) is 5.08. The molecule has 1 aromatic rings. The van der Waals surface area contributed by atoms with Gasteiger partial charge in [0.15, 0.2) is 0 Å². The highest BCUT2D eigenvalue weighted by Gasteiger charge is 2.11. The third-order valence-corrected chi connectivity index (χ3v) is 3.97. The molecule has 0 amide bonds. The normalized spacial score (nSPS) is 12.9. The maximum atomic E-state index is 4.35. The summed E-state index contributed by atoms with van der Waals surface area (Å²) in [5, 5.41) is 7.63. The van der Waals surface area contributed by atoms with Crippen LogP contribution in [0.5, 0.6) is 0 Å². The first-order valence-corrected chi connectivity index (χ1v) is 7.58. The van der Waals surface area contributed by atoms with E-state index in [4.69, 9.17) is 0 Å². The Morgan fingerprint density at radius 2 is 2.24 bits per heavy atom. The third-order valence-electron chi connectivity index (χ3n) is 2.64. The van der Waals surface area contributed by atoms with E-state index in [1.54, 1.807) is 6.33 Å². The Balaban J connectivity index is 2.45. The number of aromatic nitrogens is 3. The Kier molecular flexibility index (Phi) is 7.28. The lowest BCUT2D eigenvalue weighted by atomic mass is 10.2. The number of aryl methyl sites for hydroxylation is 1. The van der Waals surface area contributed by atoms with Crippen LogP contribution in [-0.2, 0) is 13.0 Å². The van der Waals surface area contributed by atoms with Gasteiger partial charge in [-0.15, -0.1) is 0 Å². The summed E-state index contributed by atoms with van der Waals surface area (Å²) in [6, 6.07) is 0.492. The Morgan fingerprint density at radius 3 is 2.88 bits per heavy atom. The molecule has 0 bridgehead atoms. The fourth-order valence-corrected chi connectivity index (χ4v) is 2.70. The number of thioether (sulfide) groups is 1. The summed E-state index contributed by atoms with van der Waals surface area (Å²) in [6.45, 7) is 5.35. The van der Waals surface area contributed by atoms with E-state index in [0.717, 1.165) is 31.0 Å². The van der Waals surface area contributed by atoms with E-state index >= 15 is 0 Å². The van der Waals surface area contributed by atoms with Crippen molar-refractivity contribution in [3.05, 3.63) is 12.2 Å². The number of nitrogens with one attached hydrogen (secondary N) is 1. The van der Waals surface area contributed by atoms with E-state index < -0.39 is 0 Å². The standard InChI is InChI=1S/C12H24N4S/c1-4-6-16-12(14-10-15-16)8-11(13-3)9-17-7-5-2/h10-11,13H,4-9H2,1-3H3. The van der Waals surface area contributed by atoms with Gasteiger partial charge in [0.2, 0.25) is 0 Å². The molecular formula is C12H24N4S. The van der Waals surface area contributed by atoms with Crippen LogP contribution in [0.25, 0.3) is 0 Å². The van der Waals surface area contributed by atoms with Crippen molar-refractivity contribution in [3.8, 4) is 0 Å². The fraction of sp³-hybridized carbons (Fsp3) is 0.833. The predicted octanol–water partition coefficient (Wildman–Crippen LogP) is 1.96. The van der Waals surface area contributed by atoms with Gasteiger partial charge in [-0.1, -0.05) is 13.8 Å². The first-order chi connectivity index (χ1) is 8.31. The summed E-state index contributed by atoms with van der Waals surface area (Å²) in [4.78, 5) is 4.35. The second kappa shape index (κ2) is 8.53. The SMILES string of the molecule is CCCSCC(Cc1ncnn1CCC)NC. The van der Waals surface area contributed by atoms with Crippen molar-refractivity contribution < 1.29 is 0 Å². The van der Waals surface area contributed by atoms with Gasteiger partial charge in [0.05, 0.1) is 0 Å². The van der Waals surface area contributed by atoms with E-state index in [-0.39, 0.29) is 0 Å². The molecule has 0 aliphatic heterocycles. The molecule has 1 unspecified atom stereocenters. The maximum Gasteiger partial charge on any atom is 0.138 e. The maximum absolute atomic E-state index is 4.35. The van der Waals surface area contributed by atoms with Crippen LogP contribution in [0.3, 0.4) is 0 Å². The van der Waals surface area contributed by atoms with E-state index in [9.17, 15) is 0 Å². The van der Waals surface area contributed by atoms with Gasteiger partial charge < -0.3 is 5.32 Å². The average molecular weight is 256 g/mol. The van der Waals surface area contributed by atoms with Gasteiger partial charge in [0, 0.05) is 24.8 Å². The summed E-state index contributed by atoms with van der Waals surface area (Å²) in [7, 11) is 2.03. The summed E-state index contributed by atoms with van der Waals surface area (Å²) >= 11 is 2.01. The van der Waals surface area contributed by atoms with Crippen LogP contribution in [0.2, 0.25) is 0 Å². The molecule has 1 heterocycles. The lowest BCUT2D eigenvalue weighted by Crippen LogP contribution is -2.31. The van der Waals surface area contributed by atoms with Crippen molar-refractivity contribution in [2.24, 2.45) is 0 Å². The largest absolute Gasteiger partial charge is 0.316 e. The van der Waals surface area contributed by atoms with E-state index in [1.807, 2.05) is 23.5 Å². The summed E-state index contributed by atoms with van der Waals surface area (Å²) in [5.74, 6) is 3.48. The molecule has 1 atom stereocenters. The Morgan fingerprint density at radius 1 is 1.41 bits per heavy atom. The molecule has 1 rings (SSSR count). The van der Waals surface area contributed by atoms with Crippen LogP contribution in [0.15, 0.2) is 6.33 Å². The first kappa shape index (κ1) is 14.5. The summed E-state index contributed by atoms with van der Waals surface area (Å²) in [5.41, 5.74) is 0.